The van der Waals surface area contributed by atoms with Crippen LogP contribution < -0.4 is 10.1 Å². The molecule has 4 rings (SSSR count). The molecule has 0 fully saturated rings. The molecule has 1 aromatic heterocycles. The molecule has 1 heterocycles. The van der Waals surface area contributed by atoms with Crippen molar-refractivity contribution in [1.82, 2.24) is 4.57 Å². The molecule has 0 atom stereocenters. The number of anilines is 1. The van der Waals surface area contributed by atoms with Crippen LogP contribution in [0.4, 0.5) is 15.3 Å². The Morgan fingerprint density at radius 2 is 1.56 bits per heavy atom. The molecule has 188 valence electrons. The van der Waals surface area contributed by atoms with Crippen LogP contribution in [0.15, 0.2) is 84.0 Å². The molecular weight excluding hydrogens is 502 g/mol. The number of thiazole rings is 1. The van der Waals surface area contributed by atoms with Gasteiger partial charge >= 0.3 is 11.5 Å². The van der Waals surface area contributed by atoms with Crippen LogP contribution in [0.5, 0.6) is 0 Å². The summed E-state index contributed by atoms with van der Waals surface area (Å²) in [5.74, 6) is 0. The van der Waals surface area contributed by atoms with Crippen LogP contribution >= 0.6 is 22.9 Å². The van der Waals surface area contributed by atoms with Crippen LogP contribution in [0.3, 0.4) is 0 Å². The first-order valence-corrected chi connectivity index (χ1v) is 12.2. The van der Waals surface area contributed by atoms with Gasteiger partial charge in [-0.15, -0.1) is 0 Å². The highest BCUT2D eigenvalue weighted by atomic mass is 35.5. The average molecular weight is 528 g/mol. The van der Waals surface area contributed by atoms with Gasteiger partial charge in [0.05, 0.1) is 10.2 Å². The van der Waals surface area contributed by atoms with Gasteiger partial charge in [-0.2, -0.15) is 0 Å². The zero-order valence-electron chi connectivity index (χ0n) is 19.8. The summed E-state index contributed by atoms with van der Waals surface area (Å²) >= 11 is 6.47. The van der Waals surface area contributed by atoms with Gasteiger partial charge in [0.25, 0.3) is 0 Å². The van der Waals surface area contributed by atoms with E-state index in [9.17, 15) is 9.59 Å². The van der Waals surface area contributed by atoms with Gasteiger partial charge in [-0.05, 0) is 36.2 Å². The van der Waals surface area contributed by atoms with Gasteiger partial charge in [-0.25, -0.2) is 9.59 Å². The van der Waals surface area contributed by atoms with E-state index in [1.165, 1.54) is 18.4 Å². The number of carbonyl (C=O) groups is 2. The minimum Gasteiger partial charge on any atom is -0.449 e. The lowest BCUT2D eigenvalue weighted by Gasteiger charge is -2.07. The number of nitrogens with one attached hydrogen (secondary N) is 1. The second kappa shape index (κ2) is 13.9. The summed E-state index contributed by atoms with van der Waals surface area (Å²) in [5, 5.41) is 6.80. The van der Waals surface area contributed by atoms with Gasteiger partial charge in [-0.3, -0.25) is 5.32 Å². The van der Waals surface area contributed by atoms with E-state index in [0.717, 1.165) is 32.7 Å². The molecule has 0 spiro atoms. The number of rotatable bonds is 7. The van der Waals surface area contributed by atoms with Crippen molar-refractivity contribution < 1.29 is 23.9 Å². The number of carbonyl (C=O) groups excluding carboxylic acids is 2. The topological polar surface area (TPSA) is 91.1 Å². The van der Waals surface area contributed by atoms with Gasteiger partial charge in [0.15, 0.2) is 0 Å². The fourth-order valence-corrected chi connectivity index (χ4v) is 4.37. The molecule has 1 amide bonds. The van der Waals surface area contributed by atoms with E-state index in [1.54, 1.807) is 0 Å². The maximum atomic E-state index is 12.0. The third-order valence-corrected chi connectivity index (χ3v) is 5.96. The predicted octanol–water partition coefficient (Wildman–Crippen LogP) is 6.50. The Labute approximate surface area is 217 Å². The van der Waals surface area contributed by atoms with Crippen LogP contribution in [0, 0.1) is 0 Å². The smallest absolute Gasteiger partial charge is 0.411 e. The number of fused-ring (bicyclic) bond motifs is 1. The first kappa shape index (κ1) is 26.8. The summed E-state index contributed by atoms with van der Waals surface area (Å²) in [4.78, 5) is 27.8. The van der Waals surface area contributed by atoms with Gasteiger partial charge in [-0.1, -0.05) is 77.2 Å². The van der Waals surface area contributed by atoms with E-state index in [0.29, 0.717) is 5.69 Å². The third kappa shape index (κ3) is 8.14. The summed E-state index contributed by atoms with van der Waals surface area (Å²) < 4.78 is 12.9. The van der Waals surface area contributed by atoms with E-state index >= 15 is 0 Å². The zero-order chi connectivity index (χ0) is 25.8. The predicted molar refractivity (Wildman–Crippen MR) is 141 cm³/mol. The maximum Gasteiger partial charge on any atom is 0.411 e. The van der Waals surface area contributed by atoms with Crippen molar-refractivity contribution in [2.24, 2.45) is 5.16 Å². The lowest BCUT2D eigenvalue weighted by atomic mass is 10.2. The van der Waals surface area contributed by atoms with Crippen molar-refractivity contribution in [3.8, 4) is 0 Å². The number of ether oxygens (including phenoxy) is 2. The summed E-state index contributed by atoms with van der Waals surface area (Å²) in [6, 6.07) is 24.6. The normalized spacial score (nSPS) is 10.8. The van der Waals surface area contributed by atoms with Crippen molar-refractivity contribution in [3.05, 3.63) is 94.8 Å². The Kier molecular flexibility index (Phi) is 10.3. The molecule has 0 saturated heterocycles. The minimum atomic E-state index is -0.770. The largest absolute Gasteiger partial charge is 0.449 e. The molecule has 0 unspecified atom stereocenters. The van der Waals surface area contributed by atoms with E-state index in [-0.39, 0.29) is 13.2 Å². The number of benzene rings is 3. The summed E-state index contributed by atoms with van der Waals surface area (Å²) in [6.07, 6.45) is -0.482. The van der Waals surface area contributed by atoms with E-state index in [2.05, 4.69) is 19.8 Å². The van der Waals surface area contributed by atoms with Crippen LogP contribution in [0.1, 0.15) is 18.1 Å². The summed E-state index contributed by atoms with van der Waals surface area (Å²) in [6.45, 7) is 3.31. The molecule has 0 bridgehead atoms. The second-order valence-electron chi connectivity index (χ2n) is 7.28. The van der Waals surface area contributed by atoms with E-state index < -0.39 is 11.5 Å². The van der Waals surface area contributed by atoms with E-state index in [4.69, 9.17) is 21.2 Å². The monoisotopic (exact) mass is 527 g/mol. The Morgan fingerprint density at radius 1 is 0.944 bits per heavy atom. The minimum absolute atomic E-state index is 0.237. The third-order valence-electron chi connectivity index (χ3n) is 4.82. The Morgan fingerprint density at radius 3 is 2.11 bits per heavy atom. The number of halogens is 1. The van der Waals surface area contributed by atoms with Gasteiger partial charge in [0, 0.05) is 23.8 Å². The van der Waals surface area contributed by atoms with Crippen molar-refractivity contribution >= 4 is 50.4 Å². The molecule has 1 N–H and O–H groups in total. The van der Waals surface area contributed by atoms with Crippen molar-refractivity contribution in [1.29, 1.82) is 0 Å². The molecule has 0 saturated carbocycles. The number of amides is 1. The number of nitrogens with zero attached hydrogens (tertiary/aromatic N) is 2. The van der Waals surface area contributed by atoms with Crippen LogP contribution in [0.2, 0.25) is 0 Å². The highest BCUT2D eigenvalue weighted by molar-refractivity contribution is 7.16. The Balaban J connectivity index is 0.000000275. The summed E-state index contributed by atoms with van der Waals surface area (Å²) in [5.41, 5.74) is 2.84. The lowest BCUT2D eigenvalue weighted by molar-refractivity contribution is 0.155. The second-order valence-corrected chi connectivity index (χ2v) is 8.60. The van der Waals surface area contributed by atoms with Gasteiger partial charge < -0.3 is 18.9 Å². The average Bonchev–Trinajstić information content (AvgIpc) is 3.24. The first-order chi connectivity index (χ1) is 17.5. The van der Waals surface area contributed by atoms with Gasteiger partial charge in [0.2, 0.25) is 4.80 Å². The molecule has 3 aromatic carbocycles. The molecule has 0 aliphatic rings. The maximum absolute atomic E-state index is 12.0. The highest BCUT2D eigenvalue weighted by Gasteiger charge is 2.09. The highest BCUT2D eigenvalue weighted by Crippen LogP contribution is 2.22. The fraction of sp³-hybridized carbons (Fsp3) is 0.192. The molecular formula is C26H26ClN3O5S. The SMILES string of the molecule is CCn1/c(=N\OC)sc2cc(NC(=O)OCc3ccccc3)ccc21.O=C(Cl)OCc1ccccc1. The summed E-state index contributed by atoms with van der Waals surface area (Å²) in [7, 11) is 1.53. The molecule has 4 aromatic rings. The number of aromatic nitrogens is 1. The molecule has 8 nitrogen and oxygen atoms in total. The van der Waals surface area contributed by atoms with Crippen molar-refractivity contribution in [2.75, 3.05) is 12.4 Å². The molecule has 10 heteroatoms. The standard InChI is InChI=1S/C18H19N3O3S.C8H7ClO2/c1-3-21-15-10-9-14(11-16(15)25-17(21)20-23-2)19-18(22)24-12-13-7-5-4-6-8-13;9-8(10)11-6-7-4-2-1-3-5-7/h4-11H,3,12H2,1-2H3,(H,19,22);1-5H,6H2/b20-17+;. The number of hydrogen-bond acceptors (Lipinski definition) is 7. The van der Waals surface area contributed by atoms with Crippen molar-refractivity contribution in [2.45, 2.75) is 26.7 Å². The van der Waals surface area contributed by atoms with Crippen LogP contribution in [0.25, 0.3) is 10.2 Å². The number of aryl methyl sites for hydroxylation is 1. The van der Waals surface area contributed by atoms with Crippen molar-refractivity contribution in [3.63, 3.8) is 0 Å². The first-order valence-electron chi connectivity index (χ1n) is 11.0. The van der Waals surface area contributed by atoms with Gasteiger partial charge in [0.1, 0.15) is 20.3 Å². The van der Waals surface area contributed by atoms with Crippen LogP contribution in [-0.4, -0.2) is 23.2 Å². The Hall–Kier alpha value is -3.82. The molecule has 36 heavy (non-hydrogen) atoms. The fourth-order valence-electron chi connectivity index (χ4n) is 3.20. The molecule has 0 radical (unpaired) electrons. The lowest BCUT2D eigenvalue weighted by Crippen LogP contribution is -2.14. The zero-order valence-corrected chi connectivity index (χ0v) is 21.4. The Bertz CT molecular complexity index is 1340. The molecule has 0 aliphatic heterocycles. The number of hydrogen-bond donors (Lipinski definition) is 1. The van der Waals surface area contributed by atoms with Crippen LogP contribution in [-0.2, 0) is 34.1 Å². The van der Waals surface area contributed by atoms with E-state index in [1.807, 2.05) is 85.8 Å². The molecule has 0 aliphatic carbocycles. The quantitative estimate of drug-likeness (QED) is 0.219.